The van der Waals surface area contributed by atoms with Gasteiger partial charge in [0.1, 0.15) is 16.4 Å². The fourth-order valence-corrected chi connectivity index (χ4v) is 4.25. The number of nitrogens with zero attached hydrogens (tertiary/aromatic N) is 1. The fraction of sp³-hybridized carbons (Fsp3) is 0.353. The molecule has 0 fully saturated rings. The molecule has 0 bridgehead atoms. The number of hydrogen-bond donors (Lipinski definition) is 2. The number of furan rings is 1. The molecule has 0 aliphatic heterocycles. The standard InChI is InChI=1S/C17H19N3O3S2/c1-9-11(3)25-17-15(9)16(22)19-13(20-17)7-24-8-14(21)18-10(2)12-5-4-6-23-12/h4-6,10H,7-8H2,1-3H3,(H,18,21)(H,19,20,22)/t10-/m1/s1. The van der Waals surface area contributed by atoms with Crippen molar-refractivity contribution < 1.29 is 9.21 Å². The molecule has 1 amide bonds. The van der Waals surface area contributed by atoms with Gasteiger partial charge in [-0.15, -0.1) is 23.1 Å². The van der Waals surface area contributed by atoms with Crippen molar-refractivity contribution in [3.05, 3.63) is 50.8 Å². The van der Waals surface area contributed by atoms with Crippen LogP contribution in [0.3, 0.4) is 0 Å². The quantitative estimate of drug-likeness (QED) is 0.688. The van der Waals surface area contributed by atoms with Gasteiger partial charge < -0.3 is 14.7 Å². The number of hydrogen-bond acceptors (Lipinski definition) is 6. The fourth-order valence-electron chi connectivity index (χ4n) is 2.50. The molecule has 132 valence electrons. The minimum atomic E-state index is -0.172. The molecule has 0 aliphatic rings. The van der Waals surface area contributed by atoms with Gasteiger partial charge in [-0.25, -0.2) is 4.98 Å². The first-order valence-electron chi connectivity index (χ1n) is 7.85. The highest BCUT2D eigenvalue weighted by Crippen LogP contribution is 2.26. The molecule has 6 nitrogen and oxygen atoms in total. The Bertz CT molecular complexity index is 944. The van der Waals surface area contributed by atoms with Crippen LogP contribution in [-0.2, 0) is 10.5 Å². The first kappa shape index (κ1) is 17.8. The van der Waals surface area contributed by atoms with Crippen LogP contribution in [0.5, 0.6) is 0 Å². The van der Waals surface area contributed by atoms with Crippen molar-refractivity contribution >= 4 is 39.2 Å². The number of nitrogens with one attached hydrogen (secondary N) is 2. The lowest BCUT2D eigenvalue weighted by Gasteiger charge is -2.11. The molecule has 2 N–H and O–H groups in total. The number of aryl methyl sites for hydroxylation is 2. The molecule has 3 aromatic heterocycles. The average molecular weight is 377 g/mol. The summed E-state index contributed by atoms with van der Waals surface area (Å²) in [6.45, 7) is 5.79. The molecule has 0 aliphatic carbocycles. The number of amides is 1. The van der Waals surface area contributed by atoms with Crippen molar-refractivity contribution in [1.82, 2.24) is 15.3 Å². The van der Waals surface area contributed by atoms with E-state index in [1.165, 1.54) is 23.1 Å². The lowest BCUT2D eigenvalue weighted by Crippen LogP contribution is -2.28. The molecule has 0 spiro atoms. The Hall–Kier alpha value is -2.06. The third-order valence-corrected chi connectivity index (χ3v) is 5.95. The summed E-state index contributed by atoms with van der Waals surface area (Å²) in [7, 11) is 0. The molecule has 1 atom stereocenters. The molecule has 3 aromatic rings. The Morgan fingerprint density at radius 3 is 3.00 bits per heavy atom. The molecule has 3 heterocycles. The Labute approximate surface area is 153 Å². The van der Waals surface area contributed by atoms with Crippen LogP contribution in [-0.4, -0.2) is 21.6 Å². The number of H-pyrrole nitrogens is 1. The van der Waals surface area contributed by atoms with Crippen LogP contribution in [0.2, 0.25) is 0 Å². The highest BCUT2D eigenvalue weighted by atomic mass is 32.2. The minimum Gasteiger partial charge on any atom is -0.467 e. The number of carbonyl (C=O) groups excluding carboxylic acids is 1. The van der Waals surface area contributed by atoms with Crippen molar-refractivity contribution in [2.45, 2.75) is 32.6 Å². The van der Waals surface area contributed by atoms with E-state index >= 15 is 0 Å². The smallest absolute Gasteiger partial charge is 0.259 e. The van der Waals surface area contributed by atoms with E-state index in [1.54, 1.807) is 12.3 Å². The van der Waals surface area contributed by atoms with Crippen LogP contribution in [0.15, 0.2) is 27.6 Å². The van der Waals surface area contributed by atoms with Crippen LogP contribution < -0.4 is 10.9 Å². The number of rotatable bonds is 6. The molecular formula is C17H19N3O3S2. The number of fused-ring (bicyclic) bond motifs is 1. The summed E-state index contributed by atoms with van der Waals surface area (Å²) in [6, 6.07) is 3.45. The number of thioether (sulfide) groups is 1. The van der Waals surface area contributed by atoms with Crippen LogP contribution >= 0.6 is 23.1 Å². The second-order valence-corrected chi connectivity index (χ2v) is 7.96. The van der Waals surface area contributed by atoms with Crippen molar-refractivity contribution in [2.75, 3.05) is 5.75 Å². The number of thiophene rings is 1. The van der Waals surface area contributed by atoms with E-state index in [0.29, 0.717) is 17.0 Å². The summed E-state index contributed by atoms with van der Waals surface area (Å²) in [5.41, 5.74) is 0.873. The van der Waals surface area contributed by atoms with Crippen molar-refractivity contribution in [2.24, 2.45) is 0 Å². The monoisotopic (exact) mass is 377 g/mol. The van der Waals surface area contributed by atoms with Gasteiger partial charge in [0, 0.05) is 4.88 Å². The summed E-state index contributed by atoms with van der Waals surface area (Å²) in [4.78, 5) is 33.4. The van der Waals surface area contributed by atoms with Crippen LogP contribution in [0.25, 0.3) is 10.2 Å². The van der Waals surface area contributed by atoms with Crippen LogP contribution in [0.1, 0.15) is 35.0 Å². The predicted octanol–water partition coefficient (Wildman–Crippen LogP) is 3.31. The van der Waals surface area contributed by atoms with E-state index in [9.17, 15) is 9.59 Å². The third kappa shape index (κ3) is 3.96. The second kappa shape index (κ2) is 7.45. The number of aromatic nitrogens is 2. The van der Waals surface area contributed by atoms with E-state index in [0.717, 1.165) is 21.0 Å². The maximum atomic E-state index is 12.2. The average Bonchev–Trinajstić information content (AvgIpc) is 3.17. The zero-order chi connectivity index (χ0) is 18.0. The Morgan fingerprint density at radius 1 is 1.48 bits per heavy atom. The van der Waals surface area contributed by atoms with E-state index in [2.05, 4.69) is 15.3 Å². The molecule has 0 saturated carbocycles. The first-order chi connectivity index (χ1) is 12.0. The predicted molar refractivity (Wildman–Crippen MR) is 101 cm³/mol. The molecule has 25 heavy (non-hydrogen) atoms. The lowest BCUT2D eigenvalue weighted by molar-refractivity contribution is -0.119. The Balaban J connectivity index is 1.58. The van der Waals surface area contributed by atoms with E-state index in [-0.39, 0.29) is 23.3 Å². The number of carbonyl (C=O) groups is 1. The van der Waals surface area contributed by atoms with Gasteiger partial charge in [0.25, 0.3) is 5.56 Å². The van der Waals surface area contributed by atoms with E-state index < -0.39 is 0 Å². The molecular weight excluding hydrogens is 358 g/mol. The Morgan fingerprint density at radius 2 is 2.28 bits per heavy atom. The van der Waals surface area contributed by atoms with Gasteiger partial charge in [-0.3, -0.25) is 9.59 Å². The summed E-state index contributed by atoms with van der Waals surface area (Å²) in [5, 5.41) is 3.54. The first-order valence-corrected chi connectivity index (χ1v) is 9.82. The largest absolute Gasteiger partial charge is 0.467 e. The van der Waals surface area contributed by atoms with Gasteiger partial charge in [-0.05, 0) is 38.5 Å². The normalized spacial score (nSPS) is 12.4. The highest BCUT2D eigenvalue weighted by Gasteiger charge is 2.14. The maximum absolute atomic E-state index is 12.2. The van der Waals surface area contributed by atoms with Gasteiger partial charge in [0.2, 0.25) is 5.91 Å². The molecule has 8 heteroatoms. The Kier molecular flexibility index (Phi) is 5.29. The van der Waals surface area contributed by atoms with Crippen molar-refractivity contribution in [3.8, 4) is 0 Å². The minimum absolute atomic E-state index is 0.0832. The van der Waals surface area contributed by atoms with Crippen LogP contribution in [0, 0.1) is 13.8 Å². The van der Waals surface area contributed by atoms with E-state index in [1.807, 2.05) is 26.8 Å². The SMILES string of the molecule is Cc1sc2nc(CSCC(=O)N[C@H](C)c3ccco3)[nH]c(=O)c2c1C. The van der Waals surface area contributed by atoms with Gasteiger partial charge in [0.05, 0.1) is 29.2 Å². The third-order valence-electron chi connectivity index (χ3n) is 3.91. The zero-order valence-electron chi connectivity index (χ0n) is 14.2. The summed E-state index contributed by atoms with van der Waals surface area (Å²) < 4.78 is 5.27. The number of aromatic amines is 1. The van der Waals surface area contributed by atoms with Gasteiger partial charge in [-0.1, -0.05) is 0 Å². The second-order valence-electron chi connectivity index (χ2n) is 5.77. The molecule has 0 radical (unpaired) electrons. The van der Waals surface area contributed by atoms with Crippen molar-refractivity contribution in [3.63, 3.8) is 0 Å². The molecule has 0 aromatic carbocycles. The summed E-state index contributed by atoms with van der Waals surface area (Å²) in [5.74, 6) is 1.99. The van der Waals surface area contributed by atoms with Crippen molar-refractivity contribution in [1.29, 1.82) is 0 Å². The molecule has 0 unspecified atom stereocenters. The summed E-state index contributed by atoms with van der Waals surface area (Å²) >= 11 is 2.93. The van der Waals surface area contributed by atoms with Gasteiger partial charge in [0.15, 0.2) is 0 Å². The summed E-state index contributed by atoms with van der Waals surface area (Å²) in [6.07, 6.45) is 1.58. The topological polar surface area (TPSA) is 88.0 Å². The molecule has 0 saturated heterocycles. The van der Waals surface area contributed by atoms with Gasteiger partial charge >= 0.3 is 0 Å². The maximum Gasteiger partial charge on any atom is 0.259 e. The van der Waals surface area contributed by atoms with Gasteiger partial charge in [-0.2, -0.15) is 0 Å². The van der Waals surface area contributed by atoms with E-state index in [4.69, 9.17) is 4.42 Å². The molecule has 3 rings (SSSR count). The lowest BCUT2D eigenvalue weighted by atomic mass is 10.2. The highest BCUT2D eigenvalue weighted by molar-refractivity contribution is 7.99. The van der Waals surface area contributed by atoms with Crippen LogP contribution in [0.4, 0.5) is 0 Å². The zero-order valence-corrected chi connectivity index (χ0v) is 15.8.